The maximum atomic E-state index is 8.82. The van der Waals surface area contributed by atoms with Gasteiger partial charge in [-0.3, -0.25) is 0 Å². The molecule has 0 radical (unpaired) electrons. The van der Waals surface area contributed by atoms with Gasteiger partial charge in [0.05, 0.1) is 11.5 Å². The molecular formula is C13H26N2O. The van der Waals surface area contributed by atoms with Gasteiger partial charge in [-0.2, -0.15) is 5.26 Å². The minimum Gasteiger partial charge on any atom is -0.381 e. The van der Waals surface area contributed by atoms with E-state index in [0.29, 0.717) is 6.04 Å². The standard InChI is InChI=1S/C13H26N2O/c1-12(2)15-8-6-10-16-9-5-7-13(3,4)11-14/h12,15H,5-10H2,1-4H3. The highest BCUT2D eigenvalue weighted by molar-refractivity contribution is 4.91. The van der Waals surface area contributed by atoms with Crippen LogP contribution in [0.25, 0.3) is 0 Å². The van der Waals surface area contributed by atoms with E-state index in [-0.39, 0.29) is 5.41 Å². The zero-order valence-electron chi connectivity index (χ0n) is 11.2. The van der Waals surface area contributed by atoms with E-state index in [9.17, 15) is 0 Å². The van der Waals surface area contributed by atoms with Crippen LogP contribution < -0.4 is 5.32 Å². The van der Waals surface area contributed by atoms with Crippen LogP contribution in [0.4, 0.5) is 0 Å². The van der Waals surface area contributed by atoms with Gasteiger partial charge in [-0.15, -0.1) is 0 Å². The summed E-state index contributed by atoms with van der Waals surface area (Å²) in [7, 11) is 0. The first-order chi connectivity index (χ1) is 7.48. The molecule has 0 unspecified atom stereocenters. The largest absolute Gasteiger partial charge is 0.381 e. The van der Waals surface area contributed by atoms with E-state index in [4.69, 9.17) is 10.00 Å². The highest BCUT2D eigenvalue weighted by Gasteiger charge is 2.15. The van der Waals surface area contributed by atoms with Crippen molar-refractivity contribution in [2.75, 3.05) is 19.8 Å². The Morgan fingerprint density at radius 2 is 1.88 bits per heavy atom. The normalized spacial score (nSPS) is 11.8. The van der Waals surface area contributed by atoms with E-state index in [1.165, 1.54) is 0 Å². The maximum absolute atomic E-state index is 8.82. The highest BCUT2D eigenvalue weighted by atomic mass is 16.5. The zero-order valence-corrected chi connectivity index (χ0v) is 11.2. The average molecular weight is 226 g/mol. The first-order valence-corrected chi connectivity index (χ1v) is 6.20. The number of ether oxygens (including phenoxy) is 1. The van der Waals surface area contributed by atoms with Crippen LogP contribution in [0.2, 0.25) is 0 Å². The first-order valence-electron chi connectivity index (χ1n) is 6.20. The van der Waals surface area contributed by atoms with E-state index in [2.05, 4.69) is 25.2 Å². The SMILES string of the molecule is CC(C)NCCCOCCCC(C)(C)C#N. The molecule has 0 aromatic heterocycles. The summed E-state index contributed by atoms with van der Waals surface area (Å²) in [5, 5.41) is 12.2. The molecule has 3 heteroatoms. The van der Waals surface area contributed by atoms with Gasteiger partial charge in [-0.1, -0.05) is 13.8 Å². The minimum atomic E-state index is -0.206. The molecule has 3 nitrogen and oxygen atoms in total. The van der Waals surface area contributed by atoms with E-state index < -0.39 is 0 Å². The van der Waals surface area contributed by atoms with E-state index in [1.54, 1.807) is 0 Å². The molecule has 0 spiro atoms. The Morgan fingerprint density at radius 3 is 2.44 bits per heavy atom. The smallest absolute Gasteiger partial charge is 0.0683 e. The van der Waals surface area contributed by atoms with Crippen LogP contribution in [0.1, 0.15) is 47.0 Å². The third-order valence-corrected chi connectivity index (χ3v) is 2.41. The monoisotopic (exact) mass is 226 g/mol. The molecule has 0 saturated carbocycles. The Balaban J connectivity index is 3.20. The third-order valence-electron chi connectivity index (χ3n) is 2.41. The molecule has 0 fully saturated rings. The van der Waals surface area contributed by atoms with E-state index >= 15 is 0 Å². The second-order valence-electron chi connectivity index (χ2n) is 5.17. The summed E-state index contributed by atoms with van der Waals surface area (Å²) in [6.45, 7) is 10.8. The lowest BCUT2D eigenvalue weighted by Gasteiger charge is -2.14. The molecule has 1 N–H and O–H groups in total. The molecule has 16 heavy (non-hydrogen) atoms. The molecule has 0 aromatic rings. The quantitative estimate of drug-likeness (QED) is 0.615. The van der Waals surface area contributed by atoms with Gasteiger partial charge in [-0.05, 0) is 39.7 Å². The minimum absolute atomic E-state index is 0.206. The molecule has 0 aromatic carbocycles. The van der Waals surface area contributed by atoms with Crippen molar-refractivity contribution in [3.63, 3.8) is 0 Å². The molecule has 0 aliphatic heterocycles. The molecule has 94 valence electrons. The second-order valence-corrected chi connectivity index (χ2v) is 5.17. The van der Waals surface area contributed by atoms with Crippen molar-refractivity contribution in [3.8, 4) is 6.07 Å². The number of nitrogens with one attached hydrogen (secondary N) is 1. The lowest BCUT2D eigenvalue weighted by molar-refractivity contribution is 0.122. The Bertz CT molecular complexity index is 206. The van der Waals surface area contributed by atoms with Crippen LogP contribution in [-0.2, 0) is 4.74 Å². The topological polar surface area (TPSA) is 45.0 Å². The van der Waals surface area contributed by atoms with E-state index in [1.807, 2.05) is 13.8 Å². The van der Waals surface area contributed by atoms with Crippen LogP contribution in [-0.4, -0.2) is 25.8 Å². The van der Waals surface area contributed by atoms with Crippen LogP contribution in [0.3, 0.4) is 0 Å². The van der Waals surface area contributed by atoms with Gasteiger partial charge >= 0.3 is 0 Å². The molecule has 0 heterocycles. The molecule has 0 rings (SSSR count). The molecular weight excluding hydrogens is 200 g/mol. The maximum Gasteiger partial charge on any atom is 0.0683 e. The second kappa shape index (κ2) is 8.55. The highest BCUT2D eigenvalue weighted by Crippen LogP contribution is 2.20. The predicted molar refractivity (Wildman–Crippen MR) is 67.2 cm³/mol. The van der Waals surface area contributed by atoms with Crippen molar-refractivity contribution < 1.29 is 4.74 Å². The van der Waals surface area contributed by atoms with Crippen LogP contribution >= 0.6 is 0 Å². The Hall–Kier alpha value is -0.590. The molecule has 0 amide bonds. The van der Waals surface area contributed by atoms with Crippen molar-refractivity contribution in [1.82, 2.24) is 5.32 Å². The summed E-state index contributed by atoms with van der Waals surface area (Å²) in [6, 6.07) is 2.85. The number of hydrogen-bond acceptors (Lipinski definition) is 3. The molecule has 0 atom stereocenters. The van der Waals surface area contributed by atoms with Crippen molar-refractivity contribution >= 4 is 0 Å². The van der Waals surface area contributed by atoms with Crippen LogP contribution in [0.15, 0.2) is 0 Å². The fourth-order valence-corrected chi connectivity index (χ4v) is 1.34. The fraction of sp³-hybridized carbons (Fsp3) is 0.923. The fourth-order valence-electron chi connectivity index (χ4n) is 1.34. The van der Waals surface area contributed by atoms with Crippen molar-refractivity contribution in [3.05, 3.63) is 0 Å². The lowest BCUT2D eigenvalue weighted by atomic mass is 9.90. The lowest BCUT2D eigenvalue weighted by Crippen LogP contribution is -2.24. The van der Waals surface area contributed by atoms with Gasteiger partial charge < -0.3 is 10.1 Å². The molecule has 0 aliphatic carbocycles. The zero-order chi connectivity index (χ0) is 12.4. The van der Waals surface area contributed by atoms with Crippen molar-refractivity contribution in [2.24, 2.45) is 5.41 Å². The van der Waals surface area contributed by atoms with Gasteiger partial charge in [0.15, 0.2) is 0 Å². The average Bonchev–Trinajstić information content (AvgIpc) is 2.21. The first kappa shape index (κ1) is 15.4. The Kier molecular flexibility index (Phi) is 8.23. The third kappa shape index (κ3) is 9.95. The number of hydrogen-bond donors (Lipinski definition) is 1. The summed E-state index contributed by atoms with van der Waals surface area (Å²) in [4.78, 5) is 0. The summed E-state index contributed by atoms with van der Waals surface area (Å²) in [5.41, 5.74) is -0.206. The Labute approximate surface area is 100 Å². The van der Waals surface area contributed by atoms with Gasteiger partial charge in [0.1, 0.15) is 0 Å². The molecule has 0 bridgehead atoms. The summed E-state index contributed by atoms with van der Waals surface area (Å²) in [6.07, 6.45) is 2.94. The predicted octanol–water partition coefficient (Wildman–Crippen LogP) is 2.72. The number of nitrogens with zero attached hydrogens (tertiary/aromatic N) is 1. The van der Waals surface area contributed by atoms with Gasteiger partial charge in [0, 0.05) is 19.3 Å². The van der Waals surface area contributed by atoms with Crippen LogP contribution in [0, 0.1) is 16.7 Å². The Morgan fingerprint density at radius 1 is 1.25 bits per heavy atom. The van der Waals surface area contributed by atoms with Crippen molar-refractivity contribution in [2.45, 2.75) is 53.0 Å². The van der Waals surface area contributed by atoms with Gasteiger partial charge in [0.2, 0.25) is 0 Å². The van der Waals surface area contributed by atoms with E-state index in [0.717, 1.165) is 39.0 Å². The summed E-state index contributed by atoms with van der Waals surface area (Å²) < 4.78 is 5.51. The number of nitriles is 1. The summed E-state index contributed by atoms with van der Waals surface area (Å²) in [5.74, 6) is 0. The van der Waals surface area contributed by atoms with Crippen LogP contribution in [0.5, 0.6) is 0 Å². The summed E-state index contributed by atoms with van der Waals surface area (Å²) >= 11 is 0. The van der Waals surface area contributed by atoms with Gasteiger partial charge in [0.25, 0.3) is 0 Å². The number of rotatable bonds is 9. The van der Waals surface area contributed by atoms with Gasteiger partial charge in [-0.25, -0.2) is 0 Å². The van der Waals surface area contributed by atoms with Crippen molar-refractivity contribution in [1.29, 1.82) is 5.26 Å². The molecule has 0 saturated heterocycles. The molecule has 0 aliphatic rings.